The van der Waals surface area contributed by atoms with Gasteiger partial charge in [0.15, 0.2) is 11.5 Å². The Hall–Kier alpha value is -1.24. The van der Waals surface area contributed by atoms with E-state index in [9.17, 15) is 8.42 Å². The molecule has 1 aliphatic heterocycles. The van der Waals surface area contributed by atoms with E-state index < -0.39 is 9.05 Å². The van der Waals surface area contributed by atoms with Gasteiger partial charge in [-0.15, -0.1) is 11.3 Å². The molecule has 0 amide bonds. The van der Waals surface area contributed by atoms with Crippen LogP contribution in [-0.2, 0) is 15.5 Å². The van der Waals surface area contributed by atoms with E-state index in [2.05, 4.69) is 0 Å². The highest BCUT2D eigenvalue weighted by molar-refractivity contribution is 8.13. The fraction of sp³-hybridized carbons (Fsp3) is 0.167. The number of thiophene rings is 1. The zero-order valence-corrected chi connectivity index (χ0v) is 12.0. The van der Waals surface area contributed by atoms with Gasteiger partial charge in [-0.3, -0.25) is 0 Å². The monoisotopic (exact) mass is 316 g/mol. The predicted molar refractivity (Wildman–Crippen MR) is 72.7 cm³/mol. The Balaban J connectivity index is 1.92. The fourth-order valence-corrected chi connectivity index (χ4v) is 4.42. The molecule has 0 aliphatic carbocycles. The molecule has 19 heavy (non-hydrogen) atoms. The lowest BCUT2D eigenvalue weighted by molar-refractivity contribution is 0.174. The molecule has 0 saturated carbocycles. The zero-order chi connectivity index (χ0) is 13.5. The lowest BCUT2D eigenvalue weighted by Crippen LogP contribution is -1.95. The van der Waals surface area contributed by atoms with E-state index in [1.165, 1.54) is 17.4 Å². The second-order valence-electron chi connectivity index (χ2n) is 4.01. The average molecular weight is 317 g/mol. The molecule has 2 heterocycles. The van der Waals surface area contributed by atoms with Crippen molar-refractivity contribution in [1.29, 1.82) is 0 Å². The Morgan fingerprint density at radius 1 is 1.21 bits per heavy atom. The summed E-state index contributed by atoms with van der Waals surface area (Å²) in [6, 6.07) is 7.08. The molecule has 1 aliphatic rings. The van der Waals surface area contributed by atoms with Crippen molar-refractivity contribution in [1.82, 2.24) is 0 Å². The first-order chi connectivity index (χ1) is 9.04. The van der Waals surface area contributed by atoms with Crippen molar-refractivity contribution in [3.8, 4) is 11.5 Å². The van der Waals surface area contributed by atoms with Crippen LogP contribution >= 0.6 is 22.0 Å². The molecule has 1 aromatic heterocycles. The van der Waals surface area contributed by atoms with Gasteiger partial charge >= 0.3 is 0 Å². The second kappa shape index (κ2) is 4.70. The molecule has 7 heteroatoms. The van der Waals surface area contributed by atoms with Gasteiger partial charge in [0, 0.05) is 22.0 Å². The number of ether oxygens (including phenoxy) is 2. The molecule has 0 fully saturated rings. The summed E-state index contributed by atoms with van der Waals surface area (Å²) in [7, 11) is 1.70. The van der Waals surface area contributed by atoms with Gasteiger partial charge in [-0.1, -0.05) is 6.07 Å². The van der Waals surface area contributed by atoms with Gasteiger partial charge in [0.2, 0.25) is 6.79 Å². The van der Waals surface area contributed by atoms with Gasteiger partial charge < -0.3 is 9.47 Å². The molecule has 3 rings (SSSR count). The van der Waals surface area contributed by atoms with Crippen LogP contribution in [0, 0.1) is 0 Å². The van der Waals surface area contributed by atoms with Crippen molar-refractivity contribution >= 4 is 31.1 Å². The highest BCUT2D eigenvalue weighted by Crippen LogP contribution is 2.34. The quantitative estimate of drug-likeness (QED) is 0.817. The molecule has 0 spiro atoms. The summed E-state index contributed by atoms with van der Waals surface area (Å²) in [5.41, 5.74) is 0.952. The maximum atomic E-state index is 11.4. The SMILES string of the molecule is O=S(=O)(Cl)c1ccsc1Cc1ccc2c(c1)OCO2. The van der Waals surface area contributed by atoms with Gasteiger partial charge in [0.1, 0.15) is 0 Å². The third-order valence-electron chi connectivity index (χ3n) is 2.77. The highest BCUT2D eigenvalue weighted by atomic mass is 35.7. The van der Waals surface area contributed by atoms with Crippen molar-refractivity contribution in [2.45, 2.75) is 11.3 Å². The third-order valence-corrected chi connectivity index (χ3v) is 5.23. The number of rotatable bonds is 3. The van der Waals surface area contributed by atoms with Crippen molar-refractivity contribution in [3.05, 3.63) is 40.1 Å². The summed E-state index contributed by atoms with van der Waals surface area (Å²) in [4.78, 5) is 0.894. The van der Waals surface area contributed by atoms with Gasteiger partial charge in [0.25, 0.3) is 9.05 Å². The lowest BCUT2D eigenvalue weighted by atomic mass is 10.1. The molecule has 0 unspecified atom stereocenters. The lowest BCUT2D eigenvalue weighted by Gasteiger charge is -2.03. The summed E-state index contributed by atoms with van der Waals surface area (Å²) in [6.45, 7) is 0.221. The number of hydrogen-bond acceptors (Lipinski definition) is 5. The number of fused-ring (bicyclic) bond motifs is 1. The standard InChI is InChI=1S/C12H9ClO4S2/c13-19(14,15)12-3-4-18-11(12)6-8-1-2-9-10(5-8)17-7-16-9/h1-5H,6-7H2. The van der Waals surface area contributed by atoms with E-state index in [1.54, 1.807) is 5.38 Å². The zero-order valence-electron chi connectivity index (χ0n) is 9.63. The molecular weight excluding hydrogens is 308 g/mol. The molecule has 1 aromatic carbocycles. The molecule has 0 radical (unpaired) electrons. The number of benzene rings is 1. The topological polar surface area (TPSA) is 52.6 Å². The normalized spacial score (nSPS) is 13.7. The van der Waals surface area contributed by atoms with Gasteiger partial charge in [-0.2, -0.15) is 0 Å². The van der Waals surface area contributed by atoms with Crippen molar-refractivity contribution < 1.29 is 17.9 Å². The van der Waals surface area contributed by atoms with Crippen LogP contribution in [0.25, 0.3) is 0 Å². The van der Waals surface area contributed by atoms with Crippen LogP contribution in [0.1, 0.15) is 10.4 Å². The van der Waals surface area contributed by atoms with E-state index in [0.29, 0.717) is 22.8 Å². The first kappa shape index (κ1) is 12.8. The van der Waals surface area contributed by atoms with Crippen LogP contribution in [-0.4, -0.2) is 15.2 Å². The molecule has 0 atom stereocenters. The Kier molecular flexibility index (Phi) is 3.16. The largest absolute Gasteiger partial charge is 0.454 e. The average Bonchev–Trinajstić information content (AvgIpc) is 2.95. The molecule has 2 aromatic rings. The number of halogens is 1. The molecule has 0 saturated heterocycles. The Bertz CT molecular complexity index is 721. The van der Waals surface area contributed by atoms with Crippen LogP contribution in [0.2, 0.25) is 0 Å². The predicted octanol–water partition coefficient (Wildman–Crippen LogP) is 3.00. The Labute approximate surface area is 119 Å². The van der Waals surface area contributed by atoms with Crippen LogP contribution < -0.4 is 9.47 Å². The van der Waals surface area contributed by atoms with E-state index in [1.807, 2.05) is 18.2 Å². The van der Waals surface area contributed by atoms with Crippen LogP contribution in [0.5, 0.6) is 11.5 Å². The maximum Gasteiger partial charge on any atom is 0.262 e. The summed E-state index contributed by atoms with van der Waals surface area (Å²) >= 11 is 1.37. The summed E-state index contributed by atoms with van der Waals surface area (Å²) in [5.74, 6) is 1.39. The van der Waals surface area contributed by atoms with E-state index >= 15 is 0 Å². The molecular formula is C12H9ClO4S2. The molecule has 0 N–H and O–H groups in total. The molecule has 0 bridgehead atoms. The van der Waals surface area contributed by atoms with Crippen molar-refractivity contribution in [2.24, 2.45) is 0 Å². The van der Waals surface area contributed by atoms with Crippen LogP contribution in [0.3, 0.4) is 0 Å². The summed E-state index contributed by atoms with van der Waals surface area (Å²) in [5, 5.41) is 1.72. The minimum Gasteiger partial charge on any atom is -0.454 e. The summed E-state index contributed by atoms with van der Waals surface area (Å²) < 4.78 is 33.4. The van der Waals surface area contributed by atoms with E-state index in [0.717, 1.165) is 5.56 Å². The first-order valence-electron chi connectivity index (χ1n) is 5.43. The van der Waals surface area contributed by atoms with Gasteiger partial charge in [-0.05, 0) is 29.1 Å². The van der Waals surface area contributed by atoms with E-state index in [-0.39, 0.29) is 11.7 Å². The van der Waals surface area contributed by atoms with E-state index in [4.69, 9.17) is 20.2 Å². The number of hydrogen-bond donors (Lipinski definition) is 0. The van der Waals surface area contributed by atoms with Crippen molar-refractivity contribution in [3.63, 3.8) is 0 Å². The Morgan fingerprint density at radius 3 is 2.79 bits per heavy atom. The maximum absolute atomic E-state index is 11.4. The van der Waals surface area contributed by atoms with Gasteiger partial charge in [0.05, 0.1) is 4.90 Å². The highest BCUT2D eigenvalue weighted by Gasteiger charge is 2.18. The molecule has 4 nitrogen and oxygen atoms in total. The fourth-order valence-electron chi connectivity index (χ4n) is 1.91. The Morgan fingerprint density at radius 2 is 2.00 bits per heavy atom. The third kappa shape index (κ3) is 2.56. The second-order valence-corrected chi connectivity index (χ2v) is 7.55. The minimum absolute atomic E-state index is 0.178. The smallest absolute Gasteiger partial charge is 0.262 e. The first-order valence-corrected chi connectivity index (χ1v) is 8.62. The summed E-state index contributed by atoms with van der Waals surface area (Å²) in [6.07, 6.45) is 0.496. The van der Waals surface area contributed by atoms with Crippen molar-refractivity contribution in [2.75, 3.05) is 6.79 Å². The van der Waals surface area contributed by atoms with Gasteiger partial charge in [-0.25, -0.2) is 8.42 Å². The minimum atomic E-state index is -3.70. The molecule has 100 valence electrons. The van der Waals surface area contributed by atoms with Crippen LogP contribution in [0.15, 0.2) is 34.5 Å². The van der Waals surface area contributed by atoms with Crippen LogP contribution in [0.4, 0.5) is 0 Å².